The number of methoxy groups -OCH3 is 1. The van der Waals surface area contributed by atoms with Crippen molar-refractivity contribution in [1.82, 2.24) is 0 Å². The molecule has 100 valence electrons. The highest BCUT2D eigenvalue weighted by molar-refractivity contribution is 9.10. The van der Waals surface area contributed by atoms with Gasteiger partial charge in [-0.2, -0.15) is 0 Å². The molecule has 0 saturated carbocycles. The van der Waals surface area contributed by atoms with Crippen molar-refractivity contribution >= 4 is 21.7 Å². The van der Waals surface area contributed by atoms with E-state index in [0.29, 0.717) is 0 Å². The molecule has 1 aromatic carbocycles. The van der Waals surface area contributed by atoms with E-state index in [2.05, 4.69) is 20.7 Å². The lowest BCUT2D eigenvalue weighted by Crippen LogP contribution is -2.18. The van der Waals surface area contributed by atoms with Crippen molar-refractivity contribution in [3.8, 4) is 11.5 Å². The van der Waals surface area contributed by atoms with Gasteiger partial charge in [0.05, 0.1) is 11.9 Å². The van der Waals surface area contributed by atoms with Gasteiger partial charge in [0.25, 0.3) is 0 Å². The van der Waals surface area contributed by atoms with Crippen LogP contribution < -0.4 is 9.47 Å². The lowest BCUT2D eigenvalue weighted by Gasteiger charge is -2.13. The molecule has 1 rings (SSSR count). The van der Waals surface area contributed by atoms with E-state index in [1.807, 2.05) is 0 Å². The Kier molecular flexibility index (Phi) is 4.61. The number of hydrogen-bond acceptors (Lipinski definition) is 3. The molecule has 1 unspecified atom stereocenters. The maximum absolute atomic E-state index is 12.2. The predicted molar refractivity (Wildman–Crippen MR) is 62.4 cm³/mol. The van der Waals surface area contributed by atoms with Crippen LogP contribution in [0.25, 0.3) is 0 Å². The zero-order chi connectivity index (χ0) is 13.9. The summed E-state index contributed by atoms with van der Waals surface area (Å²) < 4.78 is 45.1. The van der Waals surface area contributed by atoms with Crippen molar-refractivity contribution in [3.05, 3.63) is 23.8 Å². The van der Waals surface area contributed by atoms with Crippen LogP contribution in [0.15, 0.2) is 18.2 Å². The SMILES string of the molecule is COc1ccc(C(=O)C(C)Br)cc1OC(F)(F)F. The summed E-state index contributed by atoms with van der Waals surface area (Å²) in [6.45, 7) is 1.58. The number of ketones is 1. The molecule has 3 nitrogen and oxygen atoms in total. The monoisotopic (exact) mass is 326 g/mol. The molecule has 0 aliphatic rings. The number of alkyl halides is 4. The van der Waals surface area contributed by atoms with Crippen molar-refractivity contribution in [1.29, 1.82) is 0 Å². The Morgan fingerprint density at radius 1 is 1.33 bits per heavy atom. The number of rotatable bonds is 4. The summed E-state index contributed by atoms with van der Waals surface area (Å²) >= 11 is 3.05. The van der Waals surface area contributed by atoms with E-state index in [4.69, 9.17) is 4.74 Å². The van der Waals surface area contributed by atoms with Gasteiger partial charge in [0, 0.05) is 5.56 Å². The first-order valence-corrected chi connectivity index (χ1v) is 5.78. The van der Waals surface area contributed by atoms with E-state index in [1.54, 1.807) is 6.92 Å². The van der Waals surface area contributed by atoms with Gasteiger partial charge in [-0.1, -0.05) is 15.9 Å². The second-order valence-corrected chi connectivity index (χ2v) is 4.77. The average Bonchev–Trinajstić information content (AvgIpc) is 2.25. The lowest BCUT2D eigenvalue weighted by molar-refractivity contribution is -0.275. The minimum absolute atomic E-state index is 0.0916. The Balaban J connectivity index is 3.13. The van der Waals surface area contributed by atoms with Gasteiger partial charge in [-0.15, -0.1) is 13.2 Å². The molecular formula is C11H10BrF3O3. The van der Waals surface area contributed by atoms with Crippen LogP contribution >= 0.6 is 15.9 Å². The molecule has 0 radical (unpaired) electrons. The van der Waals surface area contributed by atoms with Gasteiger partial charge in [-0.05, 0) is 25.1 Å². The zero-order valence-electron chi connectivity index (χ0n) is 9.55. The van der Waals surface area contributed by atoms with Crippen LogP contribution in [0.2, 0.25) is 0 Å². The second-order valence-electron chi connectivity index (χ2n) is 3.39. The number of Topliss-reactive ketones (excluding diaryl/α,β-unsaturated/α-hetero) is 1. The minimum atomic E-state index is -4.84. The highest BCUT2D eigenvalue weighted by Gasteiger charge is 2.33. The topological polar surface area (TPSA) is 35.5 Å². The summed E-state index contributed by atoms with van der Waals surface area (Å²) in [6.07, 6.45) is -4.84. The second kappa shape index (κ2) is 5.60. The number of carbonyl (C=O) groups excluding carboxylic acids is 1. The molecule has 0 aliphatic heterocycles. The van der Waals surface area contributed by atoms with Gasteiger partial charge >= 0.3 is 6.36 Å². The lowest BCUT2D eigenvalue weighted by atomic mass is 10.1. The van der Waals surface area contributed by atoms with E-state index in [9.17, 15) is 18.0 Å². The summed E-state index contributed by atoms with van der Waals surface area (Å²) in [4.78, 5) is 11.1. The van der Waals surface area contributed by atoms with E-state index in [1.165, 1.54) is 19.2 Å². The number of carbonyl (C=O) groups is 1. The molecule has 18 heavy (non-hydrogen) atoms. The first-order valence-electron chi connectivity index (χ1n) is 4.86. The van der Waals surface area contributed by atoms with E-state index >= 15 is 0 Å². The van der Waals surface area contributed by atoms with E-state index in [-0.39, 0.29) is 17.1 Å². The normalized spacial score (nSPS) is 13.0. The van der Waals surface area contributed by atoms with Crippen molar-refractivity contribution < 1.29 is 27.4 Å². The van der Waals surface area contributed by atoms with Crippen LogP contribution in [0.3, 0.4) is 0 Å². The van der Waals surface area contributed by atoms with Gasteiger partial charge in [0.2, 0.25) is 0 Å². The van der Waals surface area contributed by atoms with Crippen molar-refractivity contribution in [2.45, 2.75) is 18.1 Å². The summed E-state index contributed by atoms with van der Waals surface area (Å²) in [5.41, 5.74) is 0.111. The third kappa shape index (κ3) is 3.90. The number of halogens is 4. The largest absolute Gasteiger partial charge is 0.573 e. The maximum Gasteiger partial charge on any atom is 0.573 e. The molecule has 0 bridgehead atoms. The van der Waals surface area contributed by atoms with Crippen LogP contribution in [0.1, 0.15) is 17.3 Å². The summed E-state index contributed by atoms with van der Waals surface area (Å²) in [6, 6.07) is 3.64. The third-order valence-corrected chi connectivity index (χ3v) is 2.45. The van der Waals surface area contributed by atoms with Crippen molar-refractivity contribution in [2.24, 2.45) is 0 Å². The van der Waals surface area contributed by atoms with Crippen LogP contribution in [0.5, 0.6) is 11.5 Å². The summed E-state index contributed by atoms with van der Waals surface area (Å²) in [5, 5.41) is 0. The first-order chi connectivity index (χ1) is 8.24. The third-order valence-electron chi connectivity index (χ3n) is 2.04. The molecule has 1 aromatic rings. The molecule has 0 saturated heterocycles. The van der Waals surface area contributed by atoms with E-state index in [0.717, 1.165) is 6.07 Å². The van der Waals surface area contributed by atoms with E-state index < -0.39 is 16.9 Å². The molecule has 0 aliphatic carbocycles. The smallest absolute Gasteiger partial charge is 0.493 e. The average molecular weight is 327 g/mol. The maximum atomic E-state index is 12.2. The zero-order valence-corrected chi connectivity index (χ0v) is 11.1. The molecule has 0 amide bonds. The van der Waals surface area contributed by atoms with Gasteiger partial charge in [0.1, 0.15) is 0 Å². The Morgan fingerprint density at radius 2 is 1.94 bits per heavy atom. The Hall–Kier alpha value is -1.24. The number of ether oxygens (including phenoxy) is 2. The molecule has 0 aromatic heterocycles. The molecule has 0 fully saturated rings. The highest BCUT2D eigenvalue weighted by Crippen LogP contribution is 2.33. The standard InChI is InChI=1S/C11H10BrF3O3/c1-6(12)10(16)7-3-4-8(17-2)9(5-7)18-11(13,14)15/h3-6H,1-2H3. The van der Waals surface area contributed by atoms with Crippen LogP contribution in [-0.4, -0.2) is 24.1 Å². The van der Waals surface area contributed by atoms with Crippen LogP contribution in [0, 0.1) is 0 Å². The predicted octanol–water partition coefficient (Wildman–Crippen LogP) is 3.56. The molecular weight excluding hydrogens is 317 g/mol. The summed E-state index contributed by atoms with van der Waals surface area (Å²) in [7, 11) is 1.22. The number of benzene rings is 1. The fraction of sp³-hybridized carbons (Fsp3) is 0.364. The van der Waals surface area contributed by atoms with Gasteiger partial charge in [-0.3, -0.25) is 4.79 Å². The molecule has 1 atom stereocenters. The first kappa shape index (κ1) is 14.8. The van der Waals surface area contributed by atoms with Gasteiger partial charge in [0.15, 0.2) is 17.3 Å². The fourth-order valence-electron chi connectivity index (χ4n) is 1.26. The molecule has 0 spiro atoms. The Morgan fingerprint density at radius 3 is 2.39 bits per heavy atom. The van der Waals surface area contributed by atoms with Gasteiger partial charge < -0.3 is 9.47 Å². The fourth-order valence-corrected chi connectivity index (χ4v) is 1.53. The van der Waals surface area contributed by atoms with Crippen molar-refractivity contribution in [3.63, 3.8) is 0 Å². The molecule has 0 heterocycles. The quantitative estimate of drug-likeness (QED) is 0.627. The number of hydrogen-bond donors (Lipinski definition) is 0. The highest BCUT2D eigenvalue weighted by atomic mass is 79.9. The minimum Gasteiger partial charge on any atom is -0.493 e. The molecule has 0 N–H and O–H groups in total. The van der Waals surface area contributed by atoms with Crippen molar-refractivity contribution in [2.75, 3.05) is 7.11 Å². The Labute approximate surface area is 110 Å². The Bertz CT molecular complexity index is 444. The molecule has 7 heteroatoms. The van der Waals surface area contributed by atoms with Crippen LogP contribution in [0.4, 0.5) is 13.2 Å². The summed E-state index contributed by atoms with van der Waals surface area (Å²) in [5.74, 6) is -0.972. The van der Waals surface area contributed by atoms with Crippen LogP contribution in [-0.2, 0) is 0 Å². The van der Waals surface area contributed by atoms with Gasteiger partial charge in [-0.25, -0.2) is 0 Å².